The van der Waals surface area contributed by atoms with Crippen LogP contribution in [0.5, 0.6) is 0 Å². The third kappa shape index (κ3) is 2.38. The SMILES string of the molecule is O=C(O)C1CSCN1S(=O)(=O)c1ccc(F)c(F)c1F. The van der Waals surface area contributed by atoms with Crippen molar-refractivity contribution in [2.45, 2.75) is 10.9 Å². The van der Waals surface area contributed by atoms with E-state index in [1.54, 1.807) is 0 Å². The van der Waals surface area contributed by atoms with Gasteiger partial charge in [0.2, 0.25) is 10.0 Å². The highest BCUT2D eigenvalue weighted by molar-refractivity contribution is 8.00. The van der Waals surface area contributed by atoms with E-state index in [0.29, 0.717) is 16.4 Å². The first-order chi connectivity index (χ1) is 9.26. The maximum atomic E-state index is 13.6. The second kappa shape index (κ2) is 5.26. The number of rotatable bonds is 3. The first-order valence-corrected chi connectivity index (χ1v) is 7.82. The fraction of sp³-hybridized carbons (Fsp3) is 0.300. The fourth-order valence-corrected chi connectivity index (χ4v) is 4.89. The number of halogens is 3. The zero-order valence-electron chi connectivity index (χ0n) is 9.72. The molecule has 1 aliphatic rings. The van der Waals surface area contributed by atoms with E-state index < -0.39 is 44.4 Å². The molecule has 1 unspecified atom stereocenters. The monoisotopic (exact) mass is 327 g/mol. The van der Waals surface area contributed by atoms with Crippen molar-refractivity contribution >= 4 is 27.8 Å². The van der Waals surface area contributed by atoms with Crippen LogP contribution in [0.25, 0.3) is 0 Å². The summed E-state index contributed by atoms with van der Waals surface area (Å²) in [4.78, 5) is 9.87. The van der Waals surface area contributed by atoms with Gasteiger partial charge in [0.15, 0.2) is 17.5 Å². The molecule has 0 aliphatic carbocycles. The predicted octanol–water partition coefficient (Wildman–Crippen LogP) is 1.25. The highest BCUT2D eigenvalue weighted by atomic mass is 32.2. The third-order valence-electron chi connectivity index (χ3n) is 2.71. The molecule has 1 aliphatic heterocycles. The summed E-state index contributed by atoms with van der Waals surface area (Å²) < 4.78 is 64.3. The zero-order chi connectivity index (χ0) is 15.1. The van der Waals surface area contributed by atoms with Crippen LogP contribution < -0.4 is 0 Å². The summed E-state index contributed by atoms with van der Waals surface area (Å²) in [5.41, 5.74) is 0. The van der Waals surface area contributed by atoms with E-state index in [2.05, 4.69) is 0 Å². The third-order valence-corrected chi connectivity index (χ3v) is 5.76. The minimum atomic E-state index is -4.55. The number of benzene rings is 1. The Balaban J connectivity index is 2.51. The molecular formula is C10H8F3NO4S2. The number of nitrogens with zero attached hydrogens (tertiary/aromatic N) is 1. The first-order valence-electron chi connectivity index (χ1n) is 5.22. The van der Waals surface area contributed by atoms with Gasteiger partial charge in [-0.05, 0) is 12.1 Å². The van der Waals surface area contributed by atoms with Gasteiger partial charge in [0, 0.05) is 5.75 Å². The molecule has 20 heavy (non-hydrogen) atoms. The molecule has 1 aromatic rings. The van der Waals surface area contributed by atoms with Crippen molar-refractivity contribution in [2.75, 3.05) is 11.6 Å². The first kappa shape index (κ1) is 15.1. The molecule has 1 saturated heterocycles. The van der Waals surface area contributed by atoms with Gasteiger partial charge in [0.1, 0.15) is 10.9 Å². The molecule has 1 heterocycles. The minimum Gasteiger partial charge on any atom is -0.480 e. The molecule has 10 heteroatoms. The Kier molecular flexibility index (Phi) is 3.98. The maximum Gasteiger partial charge on any atom is 0.322 e. The maximum absolute atomic E-state index is 13.6. The van der Waals surface area contributed by atoms with Crippen LogP contribution in [-0.4, -0.2) is 41.5 Å². The molecule has 2 rings (SSSR count). The Hall–Kier alpha value is -1.26. The summed E-state index contributed by atoms with van der Waals surface area (Å²) in [5.74, 6) is -6.87. The lowest BCUT2D eigenvalue weighted by atomic mass is 10.3. The number of hydrogen-bond acceptors (Lipinski definition) is 4. The van der Waals surface area contributed by atoms with Gasteiger partial charge in [-0.25, -0.2) is 21.6 Å². The second-order valence-corrected chi connectivity index (χ2v) is 6.78. The van der Waals surface area contributed by atoms with Crippen molar-refractivity contribution < 1.29 is 31.5 Å². The van der Waals surface area contributed by atoms with Gasteiger partial charge in [-0.1, -0.05) is 0 Å². The lowest BCUT2D eigenvalue weighted by Gasteiger charge is -2.20. The number of hydrogen-bond donors (Lipinski definition) is 1. The summed E-state index contributed by atoms with van der Waals surface area (Å²) >= 11 is 1.03. The van der Waals surface area contributed by atoms with Gasteiger partial charge in [-0.15, -0.1) is 11.8 Å². The van der Waals surface area contributed by atoms with Gasteiger partial charge in [-0.2, -0.15) is 4.31 Å². The molecular weight excluding hydrogens is 319 g/mol. The molecule has 1 fully saturated rings. The van der Waals surface area contributed by atoms with Crippen molar-refractivity contribution in [3.05, 3.63) is 29.6 Å². The molecule has 1 aromatic carbocycles. The Bertz CT molecular complexity index is 665. The second-order valence-electron chi connectivity index (χ2n) is 3.92. The Labute approximate surface area is 116 Å². The summed E-state index contributed by atoms with van der Waals surface area (Å²) in [5, 5.41) is 8.91. The van der Waals surface area contributed by atoms with Gasteiger partial charge in [0.05, 0.1) is 5.88 Å². The molecule has 0 radical (unpaired) electrons. The van der Waals surface area contributed by atoms with E-state index >= 15 is 0 Å². The van der Waals surface area contributed by atoms with Crippen LogP contribution in [0.3, 0.4) is 0 Å². The van der Waals surface area contributed by atoms with E-state index in [9.17, 15) is 26.4 Å². The minimum absolute atomic E-state index is 0.000140. The molecule has 1 N–H and O–H groups in total. The molecule has 5 nitrogen and oxygen atoms in total. The molecule has 0 saturated carbocycles. The topological polar surface area (TPSA) is 74.7 Å². The largest absolute Gasteiger partial charge is 0.480 e. The van der Waals surface area contributed by atoms with Crippen LogP contribution in [-0.2, 0) is 14.8 Å². The van der Waals surface area contributed by atoms with Gasteiger partial charge >= 0.3 is 5.97 Å². The highest BCUT2D eigenvalue weighted by Gasteiger charge is 2.41. The number of carboxylic acid groups (broad SMARTS) is 1. The normalized spacial score (nSPS) is 20.2. The Morgan fingerprint density at radius 1 is 1.30 bits per heavy atom. The van der Waals surface area contributed by atoms with E-state index in [4.69, 9.17) is 5.11 Å². The fourth-order valence-electron chi connectivity index (χ4n) is 1.69. The van der Waals surface area contributed by atoms with E-state index in [-0.39, 0.29) is 11.6 Å². The van der Waals surface area contributed by atoms with E-state index in [0.717, 1.165) is 11.8 Å². The van der Waals surface area contributed by atoms with Crippen LogP contribution in [0.2, 0.25) is 0 Å². The number of carbonyl (C=O) groups is 1. The summed E-state index contributed by atoms with van der Waals surface area (Å²) in [7, 11) is -4.55. The van der Waals surface area contributed by atoms with Gasteiger partial charge in [0.25, 0.3) is 0 Å². The van der Waals surface area contributed by atoms with Crippen molar-refractivity contribution in [1.82, 2.24) is 4.31 Å². The molecule has 0 aromatic heterocycles. The van der Waals surface area contributed by atoms with Gasteiger partial charge in [-0.3, -0.25) is 4.79 Å². The average molecular weight is 327 g/mol. The van der Waals surface area contributed by atoms with Crippen LogP contribution in [0.1, 0.15) is 0 Å². The molecule has 0 bridgehead atoms. The number of sulfonamides is 1. The summed E-state index contributed by atoms with van der Waals surface area (Å²) in [6.45, 7) is 0. The smallest absolute Gasteiger partial charge is 0.322 e. The Morgan fingerprint density at radius 2 is 1.95 bits per heavy atom. The van der Waals surface area contributed by atoms with E-state index in [1.807, 2.05) is 0 Å². The van der Waals surface area contributed by atoms with Crippen LogP contribution in [0.15, 0.2) is 17.0 Å². The molecule has 1 atom stereocenters. The predicted molar refractivity (Wildman–Crippen MR) is 64.1 cm³/mol. The molecule has 0 spiro atoms. The molecule has 0 amide bonds. The lowest BCUT2D eigenvalue weighted by Crippen LogP contribution is -2.42. The Morgan fingerprint density at radius 3 is 2.55 bits per heavy atom. The number of carboxylic acids is 1. The summed E-state index contributed by atoms with van der Waals surface area (Å²) in [6, 6.07) is -0.313. The van der Waals surface area contributed by atoms with Crippen molar-refractivity contribution in [2.24, 2.45) is 0 Å². The number of aliphatic carboxylic acids is 1. The standard InChI is InChI=1S/C10H8F3NO4S2/c11-5-1-2-7(9(13)8(5)12)20(17,18)14-4-19-3-6(14)10(15)16/h1-2,6H,3-4H2,(H,15,16). The zero-order valence-corrected chi connectivity index (χ0v) is 11.3. The quantitative estimate of drug-likeness (QED) is 0.846. The van der Waals surface area contributed by atoms with Crippen LogP contribution in [0, 0.1) is 17.5 Å². The van der Waals surface area contributed by atoms with Gasteiger partial charge < -0.3 is 5.11 Å². The van der Waals surface area contributed by atoms with Crippen LogP contribution >= 0.6 is 11.8 Å². The van der Waals surface area contributed by atoms with E-state index in [1.165, 1.54) is 0 Å². The highest BCUT2D eigenvalue weighted by Crippen LogP contribution is 2.30. The van der Waals surface area contributed by atoms with Crippen molar-refractivity contribution in [3.63, 3.8) is 0 Å². The molecule has 110 valence electrons. The van der Waals surface area contributed by atoms with Crippen molar-refractivity contribution in [3.8, 4) is 0 Å². The van der Waals surface area contributed by atoms with Crippen molar-refractivity contribution in [1.29, 1.82) is 0 Å². The summed E-state index contributed by atoms with van der Waals surface area (Å²) in [6.07, 6.45) is 0. The lowest BCUT2D eigenvalue weighted by molar-refractivity contribution is -0.140. The average Bonchev–Trinajstić information content (AvgIpc) is 2.85. The number of thioether (sulfide) groups is 1. The van der Waals surface area contributed by atoms with Crippen LogP contribution in [0.4, 0.5) is 13.2 Å².